The molecule has 5 rings (SSSR count). The van der Waals surface area contributed by atoms with Gasteiger partial charge in [-0.05, 0) is 50.2 Å². The lowest BCUT2D eigenvalue weighted by molar-refractivity contribution is -0.141. The SMILES string of the molecule is C[C@@H](NC(=O)C[C@H]1CN(S(C)(=O)=O)[C@@H]2CCN(C(=O)[C@@H](NC(=O)[C@H](C)N(C)C(=O)OCc3ccccc3)C3CCCCC3)C12)c1ccccc1. The van der Waals surface area contributed by atoms with Gasteiger partial charge in [-0.2, -0.15) is 4.31 Å². The maximum absolute atomic E-state index is 14.6. The Bertz CT molecular complexity index is 1600. The zero-order chi connectivity index (χ0) is 36.0. The highest BCUT2D eigenvalue weighted by Gasteiger charge is 2.54. The molecule has 1 unspecified atom stereocenters. The summed E-state index contributed by atoms with van der Waals surface area (Å²) in [4.78, 5) is 57.5. The first-order valence-electron chi connectivity index (χ1n) is 17.7. The molecule has 0 spiro atoms. The average molecular weight is 710 g/mol. The summed E-state index contributed by atoms with van der Waals surface area (Å²) in [7, 11) is -2.11. The van der Waals surface area contributed by atoms with E-state index in [0.29, 0.717) is 13.0 Å². The Morgan fingerprint density at radius 2 is 1.56 bits per heavy atom. The summed E-state index contributed by atoms with van der Waals surface area (Å²) in [5.74, 6) is -1.48. The fourth-order valence-corrected chi connectivity index (χ4v) is 8.98. The minimum Gasteiger partial charge on any atom is -0.445 e. The van der Waals surface area contributed by atoms with E-state index in [9.17, 15) is 27.6 Å². The van der Waals surface area contributed by atoms with Gasteiger partial charge in [-0.3, -0.25) is 19.3 Å². The second-order valence-corrected chi connectivity index (χ2v) is 16.0. The zero-order valence-corrected chi connectivity index (χ0v) is 30.3. The minimum atomic E-state index is -3.61. The van der Waals surface area contributed by atoms with Crippen LogP contribution in [0.1, 0.15) is 76.0 Å². The second-order valence-electron chi connectivity index (χ2n) is 14.1. The lowest BCUT2D eigenvalue weighted by Gasteiger charge is -2.37. The van der Waals surface area contributed by atoms with E-state index in [1.807, 2.05) is 67.6 Å². The number of carbonyl (C=O) groups excluding carboxylic acids is 4. The number of nitrogens with zero attached hydrogens (tertiary/aromatic N) is 3. The molecule has 1 saturated carbocycles. The smallest absolute Gasteiger partial charge is 0.410 e. The quantitative estimate of drug-likeness (QED) is 0.341. The molecule has 3 aliphatic rings. The number of benzene rings is 2. The topological polar surface area (TPSA) is 145 Å². The van der Waals surface area contributed by atoms with Crippen LogP contribution in [-0.4, -0.2) is 96.9 Å². The molecule has 2 N–H and O–H groups in total. The van der Waals surface area contributed by atoms with Gasteiger partial charge in [-0.1, -0.05) is 79.9 Å². The number of likely N-dealkylation sites (tertiary alicyclic amines) is 1. The van der Waals surface area contributed by atoms with Gasteiger partial charge < -0.3 is 20.3 Å². The molecule has 13 heteroatoms. The van der Waals surface area contributed by atoms with E-state index in [2.05, 4.69) is 10.6 Å². The lowest BCUT2D eigenvalue weighted by atomic mass is 9.82. The molecule has 2 saturated heterocycles. The first-order valence-corrected chi connectivity index (χ1v) is 19.6. The van der Waals surface area contributed by atoms with Crippen molar-refractivity contribution in [3.63, 3.8) is 0 Å². The monoisotopic (exact) mass is 709 g/mol. The second kappa shape index (κ2) is 16.4. The van der Waals surface area contributed by atoms with Gasteiger partial charge >= 0.3 is 6.09 Å². The van der Waals surface area contributed by atoms with Crippen LogP contribution in [0, 0.1) is 11.8 Å². The fourth-order valence-electron chi connectivity index (χ4n) is 7.80. The van der Waals surface area contributed by atoms with Crippen LogP contribution in [0.4, 0.5) is 4.79 Å². The largest absolute Gasteiger partial charge is 0.445 e. The number of amides is 4. The van der Waals surface area contributed by atoms with Gasteiger partial charge in [0.25, 0.3) is 0 Å². The Morgan fingerprint density at radius 3 is 2.20 bits per heavy atom. The molecule has 12 nitrogen and oxygen atoms in total. The van der Waals surface area contributed by atoms with Crippen LogP contribution in [0.15, 0.2) is 60.7 Å². The summed E-state index contributed by atoms with van der Waals surface area (Å²) in [5.41, 5.74) is 1.78. The Kier molecular flexibility index (Phi) is 12.2. The lowest BCUT2D eigenvalue weighted by Crippen LogP contribution is -2.58. The Morgan fingerprint density at radius 1 is 0.920 bits per heavy atom. The predicted molar refractivity (Wildman–Crippen MR) is 189 cm³/mol. The number of hydrogen-bond donors (Lipinski definition) is 2. The third-order valence-electron chi connectivity index (χ3n) is 10.7. The number of hydrogen-bond acceptors (Lipinski definition) is 7. The predicted octanol–water partition coefficient (Wildman–Crippen LogP) is 3.84. The molecule has 3 fully saturated rings. The van der Waals surface area contributed by atoms with Crippen LogP contribution in [0.5, 0.6) is 0 Å². The molecule has 2 heterocycles. The number of fused-ring (bicyclic) bond motifs is 1. The molecule has 2 aromatic rings. The molecule has 2 aliphatic heterocycles. The molecule has 272 valence electrons. The molecule has 0 aromatic heterocycles. The van der Waals surface area contributed by atoms with E-state index in [1.54, 1.807) is 11.8 Å². The third kappa shape index (κ3) is 8.84. The number of likely N-dealkylation sites (N-methyl/N-ethyl adjacent to an activating group) is 1. The van der Waals surface area contributed by atoms with Crippen LogP contribution in [0.25, 0.3) is 0 Å². The molecule has 50 heavy (non-hydrogen) atoms. The van der Waals surface area contributed by atoms with Crippen molar-refractivity contribution in [3.8, 4) is 0 Å². The first-order chi connectivity index (χ1) is 23.8. The Labute approximate surface area is 295 Å². The molecular weight excluding hydrogens is 659 g/mol. The first kappa shape index (κ1) is 37.3. The van der Waals surface area contributed by atoms with E-state index in [4.69, 9.17) is 4.74 Å². The van der Waals surface area contributed by atoms with Crippen LogP contribution in [-0.2, 0) is 35.8 Å². The van der Waals surface area contributed by atoms with E-state index >= 15 is 0 Å². The molecule has 1 aliphatic carbocycles. The highest BCUT2D eigenvalue weighted by atomic mass is 32.2. The van der Waals surface area contributed by atoms with Crippen LogP contribution >= 0.6 is 0 Å². The molecule has 0 bridgehead atoms. The average Bonchev–Trinajstić information content (AvgIpc) is 3.71. The molecule has 6 atom stereocenters. The third-order valence-corrected chi connectivity index (χ3v) is 11.9. The van der Waals surface area contributed by atoms with Gasteiger partial charge in [0.15, 0.2) is 0 Å². The van der Waals surface area contributed by atoms with Crippen molar-refractivity contribution in [1.82, 2.24) is 24.7 Å². The highest BCUT2D eigenvalue weighted by molar-refractivity contribution is 7.88. The van der Waals surface area contributed by atoms with E-state index in [-0.39, 0.29) is 43.3 Å². The van der Waals surface area contributed by atoms with Crippen LogP contribution in [0.2, 0.25) is 0 Å². The summed E-state index contributed by atoms with van der Waals surface area (Å²) in [6.45, 7) is 4.02. The van der Waals surface area contributed by atoms with Gasteiger partial charge in [0, 0.05) is 38.5 Å². The van der Waals surface area contributed by atoms with Crippen molar-refractivity contribution in [2.24, 2.45) is 11.8 Å². The summed E-state index contributed by atoms with van der Waals surface area (Å²) < 4.78 is 32.7. The highest BCUT2D eigenvalue weighted by Crippen LogP contribution is 2.40. The van der Waals surface area contributed by atoms with Gasteiger partial charge in [0.05, 0.1) is 18.3 Å². The summed E-state index contributed by atoms with van der Waals surface area (Å²) >= 11 is 0. The van der Waals surface area contributed by atoms with Gasteiger partial charge in [-0.25, -0.2) is 13.2 Å². The number of ether oxygens (including phenoxy) is 1. The molecule has 4 amide bonds. The number of carbonyl (C=O) groups is 4. The standard InChI is InChI=1S/C37H51N5O7S/c1-25(28-16-10-6-11-17-28)38-32(43)22-30-23-42(50(4,47)48)31-20-21-41(34(30)31)36(45)33(29-18-12-7-13-19-29)39-35(44)26(2)40(3)37(46)49-24-27-14-8-5-9-15-27/h5-6,8-11,14-17,25-26,29-31,33-34H,7,12-13,18-24H2,1-4H3,(H,38,43)(H,39,44)/t25-,26+,30+,31-,33+,34?/m1/s1. The zero-order valence-electron chi connectivity index (χ0n) is 29.5. The van der Waals surface area contributed by atoms with Crippen molar-refractivity contribution >= 4 is 33.8 Å². The van der Waals surface area contributed by atoms with Gasteiger partial charge in [0.1, 0.15) is 18.7 Å². The van der Waals surface area contributed by atoms with Crippen molar-refractivity contribution < 1.29 is 32.3 Å². The summed E-state index contributed by atoms with van der Waals surface area (Å²) in [6, 6.07) is 15.9. The van der Waals surface area contributed by atoms with Gasteiger partial charge in [0.2, 0.25) is 27.7 Å². The molecule has 0 radical (unpaired) electrons. The molecule has 2 aromatic carbocycles. The van der Waals surface area contributed by atoms with E-state index < -0.39 is 52.1 Å². The number of rotatable bonds is 12. The van der Waals surface area contributed by atoms with Crippen molar-refractivity contribution in [2.45, 2.75) is 95.6 Å². The fraction of sp³-hybridized carbons (Fsp3) is 0.568. The minimum absolute atomic E-state index is 0.0571. The van der Waals surface area contributed by atoms with Crippen molar-refractivity contribution in [3.05, 3.63) is 71.8 Å². The maximum atomic E-state index is 14.6. The summed E-state index contributed by atoms with van der Waals surface area (Å²) in [5, 5.41) is 6.04. The van der Waals surface area contributed by atoms with Gasteiger partial charge in [-0.15, -0.1) is 0 Å². The van der Waals surface area contributed by atoms with E-state index in [1.165, 1.54) is 22.5 Å². The number of sulfonamides is 1. The maximum Gasteiger partial charge on any atom is 0.410 e. The Hall–Kier alpha value is -3.97. The van der Waals surface area contributed by atoms with Crippen molar-refractivity contribution in [2.75, 3.05) is 26.4 Å². The van der Waals surface area contributed by atoms with Crippen LogP contribution < -0.4 is 10.6 Å². The Balaban J connectivity index is 1.31. The molecular formula is C37H51N5O7S. The van der Waals surface area contributed by atoms with Crippen molar-refractivity contribution in [1.29, 1.82) is 0 Å². The van der Waals surface area contributed by atoms with E-state index in [0.717, 1.165) is 43.2 Å². The van der Waals surface area contributed by atoms with Crippen LogP contribution in [0.3, 0.4) is 0 Å². The number of nitrogens with one attached hydrogen (secondary N) is 2. The normalized spacial score (nSPS) is 23.0. The summed E-state index contributed by atoms with van der Waals surface area (Å²) in [6.07, 6.45) is 5.46.